The molecule has 1 aromatic carbocycles. The zero-order valence-electron chi connectivity index (χ0n) is 16.9. The molecule has 0 saturated heterocycles. The summed E-state index contributed by atoms with van der Waals surface area (Å²) in [7, 11) is 4.51. The van der Waals surface area contributed by atoms with Crippen LogP contribution in [0.25, 0.3) is 0 Å². The van der Waals surface area contributed by atoms with Crippen molar-refractivity contribution in [2.45, 2.75) is 31.5 Å². The molecule has 1 atom stereocenters. The lowest BCUT2D eigenvalue weighted by Gasteiger charge is -2.28. The zero-order chi connectivity index (χ0) is 21.1. The third kappa shape index (κ3) is 4.09. The topological polar surface area (TPSA) is 87.5 Å². The van der Waals surface area contributed by atoms with Crippen molar-refractivity contribution in [3.63, 3.8) is 0 Å². The Hall–Kier alpha value is -2.20. The minimum absolute atomic E-state index is 0.435. The number of carbonyl (C=O) groups is 1. The molecule has 2 heterocycles. The quantitative estimate of drug-likeness (QED) is 0.467. The van der Waals surface area contributed by atoms with Crippen LogP contribution in [0.2, 0.25) is 0 Å². The number of hydrogen-bond donors (Lipinski definition) is 1. The van der Waals surface area contributed by atoms with Crippen molar-refractivity contribution in [2.24, 2.45) is 0 Å². The van der Waals surface area contributed by atoms with Crippen molar-refractivity contribution >= 4 is 39.6 Å². The molecule has 0 amide bonds. The molecule has 156 valence electrons. The highest BCUT2D eigenvalue weighted by Gasteiger charge is 2.35. The van der Waals surface area contributed by atoms with Crippen molar-refractivity contribution in [2.75, 3.05) is 32.4 Å². The van der Waals surface area contributed by atoms with Gasteiger partial charge in [0.1, 0.15) is 6.04 Å². The van der Waals surface area contributed by atoms with Crippen LogP contribution in [-0.2, 0) is 9.53 Å². The Morgan fingerprint density at radius 2 is 2.07 bits per heavy atom. The van der Waals surface area contributed by atoms with Crippen LogP contribution in [0.15, 0.2) is 33.0 Å². The highest BCUT2D eigenvalue weighted by Crippen LogP contribution is 2.43. The SMILES string of the molecule is CCCSc1nc2n(n1)C(c1cc(Br)c(OC)c(OC)c1)C(C(=O)OC)=C(C)N2. The van der Waals surface area contributed by atoms with Crippen LogP contribution < -0.4 is 14.8 Å². The first kappa shape index (κ1) is 21.5. The van der Waals surface area contributed by atoms with E-state index in [1.165, 1.54) is 7.11 Å². The maximum atomic E-state index is 12.7. The van der Waals surface area contributed by atoms with Crippen LogP contribution in [0.1, 0.15) is 31.9 Å². The molecular formula is C19H23BrN4O4S. The van der Waals surface area contributed by atoms with Crippen molar-refractivity contribution in [1.82, 2.24) is 14.8 Å². The Morgan fingerprint density at radius 1 is 1.31 bits per heavy atom. The maximum Gasteiger partial charge on any atom is 0.338 e. The van der Waals surface area contributed by atoms with E-state index in [-0.39, 0.29) is 0 Å². The summed E-state index contributed by atoms with van der Waals surface area (Å²) in [6, 6.07) is 3.19. The van der Waals surface area contributed by atoms with Crippen molar-refractivity contribution < 1.29 is 19.0 Å². The summed E-state index contributed by atoms with van der Waals surface area (Å²) >= 11 is 5.10. The van der Waals surface area contributed by atoms with E-state index < -0.39 is 12.0 Å². The Balaban J connectivity index is 2.19. The van der Waals surface area contributed by atoms with E-state index in [9.17, 15) is 4.79 Å². The van der Waals surface area contributed by atoms with E-state index in [0.717, 1.165) is 17.7 Å². The van der Waals surface area contributed by atoms with Crippen molar-refractivity contribution in [3.05, 3.63) is 33.4 Å². The van der Waals surface area contributed by atoms with Gasteiger partial charge in [-0.15, -0.1) is 5.10 Å². The van der Waals surface area contributed by atoms with Gasteiger partial charge >= 0.3 is 5.97 Å². The number of rotatable bonds is 7. The smallest absolute Gasteiger partial charge is 0.338 e. The number of esters is 1. The lowest BCUT2D eigenvalue weighted by atomic mass is 9.95. The van der Waals surface area contributed by atoms with Crippen LogP contribution in [0.4, 0.5) is 5.95 Å². The van der Waals surface area contributed by atoms with Crippen molar-refractivity contribution in [3.8, 4) is 11.5 Å². The number of aromatic nitrogens is 3. The fourth-order valence-electron chi connectivity index (χ4n) is 3.16. The number of carbonyl (C=O) groups excluding carboxylic acids is 1. The lowest BCUT2D eigenvalue weighted by molar-refractivity contribution is -0.136. The number of hydrogen-bond acceptors (Lipinski definition) is 8. The Labute approximate surface area is 182 Å². The van der Waals surface area contributed by atoms with Crippen LogP contribution in [0.5, 0.6) is 11.5 Å². The number of nitrogens with zero attached hydrogens (tertiary/aromatic N) is 3. The fraction of sp³-hybridized carbons (Fsp3) is 0.421. The minimum atomic E-state index is -0.529. The number of benzene rings is 1. The molecule has 0 radical (unpaired) electrons. The third-order valence-corrected chi connectivity index (χ3v) is 6.08. The Kier molecular flexibility index (Phi) is 6.74. The standard InChI is InChI=1S/C19H23BrN4O4S/c1-6-7-29-19-22-18-21-10(2)14(17(25)28-5)15(24(18)23-19)11-8-12(20)16(27-4)13(9-11)26-3/h8-9,15H,6-7H2,1-5H3,(H,21,22,23). The number of halogens is 1. The molecule has 29 heavy (non-hydrogen) atoms. The minimum Gasteiger partial charge on any atom is -0.493 e. The number of fused-ring (bicyclic) bond motifs is 1. The predicted molar refractivity (Wildman–Crippen MR) is 115 cm³/mol. The molecule has 1 aromatic heterocycles. The second kappa shape index (κ2) is 9.08. The first-order chi connectivity index (χ1) is 13.9. The molecule has 0 spiro atoms. The maximum absolute atomic E-state index is 12.7. The molecule has 0 saturated carbocycles. The number of ether oxygens (including phenoxy) is 3. The van der Waals surface area contributed by atoms with E-state index in [1.54, 1.807) is 30.7 Å². The molecule has 8 nitrogen and oxygen atoms in total. The second-order valence-corrected chi connectivity index (χ2v) is 8.22. The third-order valence-electron chi connectivity index (χ3n) is 4.45. The molecule has 0 fully saturated rings. The lowest BCUT2D eigenvalue weighted by Crippen LogP contribution is -2.29. The van der Waals surface area contributed by atoms with Gasteiger partial charge < -0.3 is 19.5 Å². The molecule has 10 heteroatoms. The average Bonchev–Trinajstić information content (AvgIpc) is 3.12. The number of methoxy groups -OCH3 is 3. The van der Waals surface area contributed by atoms with Gasteiger partial charge in [-0.2, -0.15) is 4.98 Å². The van der Waals surface area contributed by atoms with Gasteiger partial charge in [-0.25, -0.2) is 9.48 Å². The Morgan fingerprint density at radius 3 is 2.69 bits per heavy atom. The van der Waals surface area contributed by atoms with Gasteiger partial charge in [-0.05, 0) is 47.0 Å². The van der Waals surface area contributed by atoms with Gasteiger partial charge in [-0.3, -0.25) is 0 Å². The van der Waals surface area contributed by atoms with Crippen LogP contribution in [0, 0.1) is 0 Å². The summed E-state index contributed by atoms with van der Waals surface area (Å²) in [6.07, 6.45) is 1.01. The van der Waals surface area contributed by atoms with Gasteiger partial charge in [0.25, 0.3) is 0 Å². The molecule has 1 aliphatic heterocycles. The molecule has 0 aliphatic carbocycles. The first-order valence-electron chi connectivity index (χ1n) is 9.01. The molecule has 2 aromatic rings. The molecule has 1 unspecified atom stereocenters. The summed E-state index contributed by atoms with van der Waals surface area (Å²) in [4.78, 5) is 17.2. The van der Waals surface area contributed by atoms with E-state index in [2.05, 4.69) is 38.3 Å². The molecular weight excluding hydrogens is 460 g/mol. The highest BCUT2D eigenvalue weighted by molar-refractivity contribution is 9.10. The van der Waals surface area contributed by atoms with E-state index in [1.807, 2.05) is 19.1 Å². The predicted octanol–water partition coefficient (Wildman–Crippen LogP) is 4.02. The fourth-order valence-corrected chi connectivity index (χ4v) is 4.47. The van der Waals surface area contributed by atoms with Crippen LogP contribution in [0.3, 0.4) is 0 Å². The van der Waals surface area contributed by atoms with Crippen LogP contribution >= 0.6 is 27.7 Å². The monoisotopic (exact) mass is 482 g/mol. The highest BCUT2D eigenvalue weighted by atomic mass is 79.9. The normalized spacial score (nSPS) is 15.6. The molecule has 1 N–H and O–H groups in total. The summed E-state index contributed by atoms with van der Waals surface area (Å²) in [5.74, 6) is 2.16. The summed E-state index contributed by atoms with van der Waals surface area (Å²) in [5, 5.41) is 8.48. The second-order valence-electron chi connectivity index (χ2n) is 6.31. The number of thioether (sulfide) groups is 1. The Bertz CT molecular complexity index is 960. The summed E-state index contributed by atoms with van der Waals surface area (Å²) in [5.41, 5.74) is 1.91. The first-order valence-corrected chi connectivity index (χ1v) is 10.8. The van der Waals surface area contributed by atoms with Gasteiger partial charge in [-0.1, -0.05) is 18.7 Å². The average molecular weight is 483 g/mol. The van der Waals surface area contributed by atoms with Gasteiger partial charge in [0, 0.05) is 11.4 Å². The number of allylic oxidation sites excluding steroid dienone is 1. The van der Waals surface area contributed by atoms with E-state index in [4.69, 9.17) is 14.2 Å². The van der Waals surface area contributed by atoms with E-state index >= 15 is 0 Å². The molecule has 0 bridgehead atoms. The van der Waals surface area contributed by atoms with Crippen molar-refractivity contribution in [1.29, 1.82) is 0 Å². The number of nitrogens with one attached hydrogen (secondary N) is 1. The summed E-state index contributed by atoms with van der Waals surface area (Å²) < 4.78 is 18.4. The van der Waals surface area contributed by atoms with Gasteiger partial charge in [0.05, 0.1) is 31.4 Å². The molecule has 3 rings (SSSR count). The summed E-state index contributed by atoms with van der Waals surface area (Å²) in [6.45, 7) is 3.93. The van der Waals surface area contributed by atoms with E-state index in [0.29, 0.717) is 38.3 Å². The molecule has 1 aliphatic rings. The van der Waals surface area contributed by atoms with Crippen LogP contribution in [-0.4, -0.2) is 47.8 Å². The zero-order valence-corrected chi connectivity index (χ0v) is 19.3. The number of anilines is 1. The van der Waals surface area contributed by atoms with Gasteiger partial charge in [0.15, 0.2) is 11.5 Å². The largest absolute Gasteiger partial charge is 0.493 e. The van der Waals surface area contributed by atoms with Gasteiger partial charge in [0.2, 0.25) is 11.1 Å².